The first kappa shape index (κ1) is 21.6. The van der Waals surface area contributed by atoms with Crippen molar-refractivity contribution in [3.8, 4) is 0 Å². The van der Waals surface area contributed by atoms with Crippen LogP contribution in [0.5, 0.6) is 0 Å². The molecule has 1 aliphatic heterocycles. The van der Waals surface area contributed by atoms with Crippen LogP contribution < -0.4 is 5.32 Å². The molecule has 1 aliphatic carbocycles. The molecule has 0 radical (unpaired) electrons. The lowest BCUT2D eigenvalue weighted by atomic mass is 9.81. The number of anilines is 1. The van der Waals surface area contributed by atoms with E-state index in [1.807, 2.05) is 30.5 Å². The summed E-state index contributed by atoms with van der Waals surface area (Å²) in [4.78, 5) is 9.70. The third-order valence-electron chi connectivity index (χ3n) is 7.30. The predicted molar refractivity (Wildman–Crippen MR) is 141 cm³/mol. The van der Waals surface area contributed by atoms with Gasteiger partial charge in [0, 0.05) is 61.6 Å². The Morgan fingerprint density at radius 2 is 1.56 bits per heavy atom. The second-order valence-electron chi connectivity index (χ2n) is 9.30. The van der Waals surface area contributed by atoms with Gasteiger partial charge in [0.2, 0.25) is 0 Å². The van der Waals surface area contributed by atoms with Gasteiger partial charge >= 0.3 is 0 Å². The summed E-state index contributed by atoms with van der Waals surface area (Å²) in [5.74, 6) is 0. The van der Waals surface area contributed by atoms with E-state index in [9.17, 15) is 0 Å². The van der Waals surface area contributed by atoms with Crippen LogP contribution in [0.15, 0.2) is 79.0 Å². The molecular formula is C29H29ClN4. The largest absolute Gasteiger partial charge is 0.383 e. The molecule has 0 spiro atoms. The molecule has 0 amide bonds. The molecule has 6 rings (SSSR count). The number of piperazine rings is 1. The van der Waals surface area contributed by atoms with E-state index in [2.05, 4.69) is 68.6 Å². The number of rotatable bonds is 5. The summed E-state index contributed by atoms with van der Waals surface area (Å²) in [6.45, 7) is 6.30. The average Bonchev–Trinajstić information content (AvgIpc) is 2.87. The third-order valence-corrected chi connectivity index (χ3v) is 7.54. The highest BCUT2D eigenvalue weighted by atomic mass is 35.5. The van der Waals surface area contributed by atoms with Gasteiger partial charge in [-0.15, -0.1) is 0 Å². The number of nitrogens with one attached hydrogen (secondary N) is 1. The summed E-state index contributed by atoms with van der Waals surface area (Å²) in [5.41, 5.74) is 7.98. The van der Waals surface area contributed by atoms with Crippen molar-refractivity contribution in [1.82, 2.24) is 14.8 Å². The molecule has 0 atom stereocenters. The molecule has 4 aromatic rings. The first-order valence-electron chi connectivity index (χ1n) is 12.2. The lowest BCUT2D eigenvalue weighted by Crippen LogP contribution is -2.49. The van der Waals surface area contributed by atoms with E-state index < -0.39 is 0 Å². The first-order valence-corrected chi connectivity index (χ1v) is 12.5. The standard InChI is InChI=1S/C29H29ClN4/c30-23-9-10-26-27(11-12-31-28(26)20-23)32-13-14-33-15-17-34(18-16-33)29-24-7-3-1-5-21(24)19-22-6-2-4-8-25(22)29/h1-12,20,29H,13-19H2,(H,31,32). The number of pyridine rings is 1. The Labute approximate surface area is 206 Å². The molecule has 3 aromatic carbocycles. The summed E-state index contributed by atoms with van der Waals surface area (Å²) < 4.78 is 0. The van der Waals surface area contributed by atoms with Gasteiger partial charge < -0.3 is 5.32 Å². The highest BCUT2D eigenvalue weighted by Crippen LogP contribution is 2.39. The molecule has 1 N–H and O–H groups in total. The topological polar surface area (TPSA) is 31.4 Å². The number of hydrogen-bond donors (Lipinski definition) is 1. The minimum Gasteiger partial charge on any atom is -0.383 e. The van der Waals surface area contributed by atoms with Gasteiger partial charge in [-0.25, -0.2) is 0 Å². The van der Waals surface area contributed by atoms with Crippen LogP contribution in [0, 0.1) is 0 Å². The number of aromatic nitrogens is 1. The Kier molecular flexibility index (Phi) is 5.96. The molecule has 2 aliphatic rings. The number of benzene rings is 3. The Balaban J connectivity index is 1.10. The molecule has 4 nitrogen and oxygen atoms in total. The molecular weight excluding hydrogens is 440 g/mol. The monoisotopic (exact) mass is 468 g/mol. The summed E-state index contributed by atoms with van der Waals surface area (Å²) >= 11 is 6.13. The first-order chi connectivity index (χ1) is 16.8. The van der Waals surface area contributed by atoms with Crippen molar-refractivity contribution in [2.45, 2.75) is 12.5 Å². The van der Waals surface area contributed by atoms with Crippen LogP contribution in [0.4, 0.5) is 5.69 Å². The fourth-order valence-electron chi connectivity index (χ4n) is 5.56. The molecule has 0 bridgehead atoms. The number of fused-ring (bicyclic) bond motifs is 3. The normalized spacial score (nSPS) is 16.9. The van der Waals surface area contributed by atoms with Crippen molar-refractivity contribution >= 4 is 28.2 Å². The number of hydrogen-bond acceptors (Lipinski definition) is 4. The molecule has 172 valence electrons. The maximum absolute atomic E-state index is 6.13. The Morgan fingerprint density at radius 1 is 0.853 bits per heavy atom. The minimum atomic E-state index is 0.372. The maximum Gasteiger partial charge on any atom is 0.0737 e. The van der Waals surface area contributed by atoms with Crippen LogP contribution >= 0.6 is 11.6 Å². The van der Waals surface area contributed by atoms with Crippen molar-refractivity contribution in [2.24, 2.45) is 0 Å². The van der Waals surface area contributed by atoms with Crippen molar-refractivity contribution in [1.29, 1.82) is 0 Å². The highest BCUT2D eigenvalue weighted by Gasteiger charge is 2.31. The summed E-state index contributed by atoms with van der Waals surface area (Å²) in [7, 11) is 0. The summed E-state index contributed by atoms with van der Waals surface area (Å²) in [5, 5.41) is 5.45. The van der Waals surface area contributed by atoms with Gasteiger partial charge in [0.15, 0.2) is 0 Å². The lowest BCUT2D eigenvalue weighted by molar-refractivity contribution is 0.111. The van der Waals surface area contributed by atoms with Crippen LogP contribution in [-0.2, 0) is 6.42 Å². The zero-order valence-corrected chi connectivity index (χ0v) is 20.0. The smallest absolute Gasteiger partial charge is 0.0737 e. The van der Waals surface area contributed by atoms with Crippen molar-refractivity contribution in [3.63, 3.8) is 0 Å². The quantitative estimate of drug-likeness (QED) is 0.412. The zero-order chi connectivity index (χ0) is 22.9. The van der Waals surface area contributed by atoms with Gasteiger partial charge in [0.1, 0.15) is 0 Å². The predicted octanol–water partition coefficient (Wildman–Crippen LogP) is 5.61. The van der Waals surface area contributed by atoms with E-state index in [0.717, 1.165) is 67.3 Å². The molecule has 0 unspecified atom stereocenters. The second-order valence-corrected chi connectivity index (χ2v) is 9.74. The molecule has 0 saturated carbocycles. The molecule has 1 aromatic heterocycles. The van der Waals surface area contributed by atoms with Crippen molar-refractivity contribution < 1.29 is 0 Å². The fraction of sp³-hybridized carbons (Fsp3) is 0.276. The Morgan fingerprint density at radius 3 is 2.29 bits per heavy atom. The van der Waals surface area contributed by atoms with Crippen molar-refractivity contribution in [2.75, 3.05) is 44.6 Å². The van der Waals surface area contributed by atoms with E-state index in [4.69, 9.17) is 11.6 Å². The van der Waals surface area contributed by atoms with E-state index in [1.165, 1.54) is 22.3 Å². The number of halogens is 1. The SMILES string of the molecule is Clc1ccc2c(NCCN3CCN(C4c5ccccc5Cc5ccccc54)CC3)ccnc2c1. The average molecular weight is 469 g/mol. The zero-order valence-electron chi connectivity index (χ0n) is 19.3. The van der Waals surface area contributed by atoms with Crippen LogP contribution in [0.3, 0.4) is 0 Å². The van der Waals surface area contributed by atoms with E-state index >= 15 is 0 Å². The van der Waals surface area contributed by atoms with Crippen LogP contribution in [-0.4, -0.2) is 54.1 Å². The molecule has 2 heterocycles. The van der Waals surface area contributed by atoms with Gasteiger partial charge in [-0.05, 0) is 52.9 Å². The minimum absolute atomic E-state index is 0.372. The van der Waals surface area contributed by atoms with Gasteiger partial charge in [-0.1, -0.05) is 60.1 Å². The third kappa shape index (κ3) is 4.18. The highest BCUT2D eigenvalue weighted by molar-refractivity contribution is 6.31. The van der Waals surface area contributed by atoms with Gasteiger partial charge in [-0.2, -0.15) is 0 Å². The van der Waals surface area contributed by atoms with Crippen LogP contribution in [0.25, 0.3) is 10.9 Å². The number of nitrogens with zero attached hydrogens (tertiary/aromatic N) is 3. The van der Waals surface area contributed by atoms with E-state index in [0.29, 0.717) is 6.04 Å². The van der Waals surface area contributed by atoms with E-state index in [1.54, 1.807) is 0 Å². The molecule has 1 fully saturated rings. The second kappa shape index (κ2) is 9.38. The molecule has 5 heteroatoms. The van der Waals surface area contributed by atoms with Gasteiger partial charge in [0.05, 0.1) is 11.6 Å². The molecule has 34 heavy (non-hydrogen) atoms. The van der Waals surface area contributed by atoms with Crippen LogP contribution in [0.1, 0.15) is 28.3 Å². The van der Waals surface area contributed by atoms with Gasteiger partial charge in [0.25, 0.3) is 0 Å². The van der Waals surface area contributed by atoms with E-state index in [-0.39, 0.29) is 0 Å². The van der Waals surface area contributed by atoms with Gasteiger partial charge in [-0.3, -0.25) is 14.8 Å². The maximum atomic E-state index is 6.13. The molecule has 1 saturated heterocycles. The summed E-state index contributed by atoms with van der Waals surface area (Å²) in [6.07, 6.45) is 2.89. The lowest BCUT2D eigenvalue weighted by Gasteiger charge is -2.42. The summed E-state index contributed by atoms with van der Waals surface area (Å²) in [6, 6.07) is 26.3. The Hall–Kier alpha value is -2.92. The van der Waals surface area contributed by atoms with Crippen molar-refractivity contribution in [3.05, 3.63) is 106 Å². The Bertz CT molecular complexity index is 1270. The fourth-order valence-corrected chi connectivity index (χ4v) is 5.73. The van der Waals surface area contributed by atoms with Crippen LogP contribution in [0.2, 0.25) is 5.02 Å².